The number of carbonyl (C=O) groups is 4. The fourth-order valence-electron chi connectivity index (χ4n) is 3.11. The largest absolute Gasteiger partial charge is 0.464 e. The van der Waals surface area contributed by atoms with E-state index >= 15 is 0 Å². The molecular formula is C17H26N2O7. The van der Waals surface area contributed by atoms with Crippen molar-refractivity contribution in [3.63, 3.8) is 0 Å². The molecule has 0 bridgehead atoms. The second-order valence-electron chi connectivity index (χ2n) is 6.55. The van der Waals surface area contributed by atoms with Crippen LogP contribution in [-0.4, -0.2) is 55.3 Å². The van der Waals surface area contributed by atoms with Crippen molar-refractivity contribution in [2.75, 3.05) is 26.4 Å². The number of hydrogen-bond acceptors (Lipinski definition) is 7. The van der Waals surface area contributed by atoms with Gasteiger partial charge < -0.3 is 19.6 Å². The van der Waals surface area contributed by atoms with Crippen molar-refractivity contribution in [3.05, 3.63) is 0 Å². The highest BCUT2D eigenvalue weighted by Crippen LogP contribution is 2.28. The standard InChI is InChI=1S/C17H26N2O7/c1-2-25-16(22)11-24-10-13-5-3-12(4-6-13)9-18-17(23)26-19-14(20)7-8-15(19)21/h12-13H,2-11H2,1H3,(H,18,23). The predicted octanol–water partition coefficient (Wildman–Crippen LogP) is 1.16. The number of hydrogen-bond donors (Lipinski definition) is 1. The summed E-state index contributed by atoms with van der Waals surface area (Å²) >= 11 is 0. The van der Waals surface area contributed by atoms with E-state index in [-0.39, 0.29) is 25.4 Å². The van der Waals surface area contributed by atoms with E-state index in [0.717, 1.165) is 25.7 Å². The number of esters is 1. The van der Waals surface area contributed by atoms with Gasteiger partial charge in [-0.15, -0.1) is 5.06 Å². The molecule has 0 spiro atoms. The fourth-order valence-corrected chi connectivity index (χ4v) is 3.11. The van der Waals surface area contributed by atoms with Gasteiger partial charge in [-0.1, -0.05) is 0 Å². The summed E-state index contributed by atoms with van der Waals surface area (Å²) < 4.78 is 10.2. The molecule has 1 saturated carbocycles. The second-order valence-corrected chi connectivity index (χ2v) is 6.55. The average Bonchev–Trinajstić information content (AvgIpc) is 2.93. The highest BCUT2D eigenvalue weighted by molar-refractivity contribution is 6.01. The van der Waals surface area contributed by atoms with Gasteiger partial charge in [-0.25, -0.2) is 9.59 Å². The van der Waals surface area contributed by atoms with Gasteiger partial charge in [-0.3, -0.25) is 9.59 Å². The summed E-state index contributed by atoms with van der Waals surface area (Å²) in [5.74, 6) is -0.623. The third kappa shape index (κ3) is 6.29. The van der Waals surface area contributed by atoms with Crippen LogP contribution in [0.5, 0.6) is 0 Å². The Kier molecular flexibility index (Phi) is 7.83. The van der Waals surface area contributed by atoms with Gasteiger partial charge >= 0.3 is 12.1 Å². The summed E-state index contributed by atoms with van der Waals surface area (Å²) in [6.07, 6.45) is 3.13. The van der Waals surface area contributed by atoms with Crippen LogP contribution < -0.4 is 5.32 Å². The first-order valence-corrected chi connectivity index (χ1v) is 9.04. The first kappa shape index (κ1) is 20.2. The van der Waals surface area contributed by atoms with Gasteiger partial charge in [-0.05, 0) is 44.4 Å². The molecule has 2 rings (SSSR count). The van der Waals surface area contributed by atoms with Crippen LogP contribution in [0.3, 0.4) is 0 Å². The van der Waals surface area contributed by atoms with E-state index in [1.165, 1.54) is 0 Å². The summed E-state index contributed by atoms with van der Waals surface area (Å²) in [7, 11) is 0. The molecular weight excluding hydrogens is 344 g/mol. The van der Waals surface area contributed by atoms with Crippen molar-refractivity contribution < 1.29 is 33.5 Å². The van der Waals surface area contributed by atoms with Gasteiger partial charge in [0.15, 0.2) is 0 Å². The molecule has 1 aliphatic heterocycles. The van der Waals surface area contributed by atoms with Crippen LogP contribution in [-0.2, 0) is 28.7 Å². The third-order valence-electron chi connectivity index (χ3n) is 4.56. The molecule has 9 heteroatoms. The summed E-state index contributed by atoms with van der Waals surface area (Å²) in [5.41, 5.74) is 0. The van der Waals surface area contributed by atoms with Crippen LogP contribution >= 0.6 is 0 Å². The van der Waals surface area contributed by atoms with Crippen molar-refractivity contribution in [2.24, 2.45) is 11.8 Å². The molecule has 0 atom stereocenters. The Hall–Kier alpha value is -2.16. The monoisotopic (exact) mass is 370 g/mol. The van der Waals surface area contributed by atoms with Crippen molar-refractivity contribution in [3.8, 4) is 0 Å². The minimum atomic E-state index is -0.784. The lowest BCUT2D eigenvalue weighted by Gasteiger charge is -2.28. The van der Waals surface area contributed by atoms with Crippen molar-refractivity contribution in [2.45, 2.75) is 45.4 Å². The van der Waals surface area contributed by atoms with Gasteiger partial charge in [-0.2, -0.15) is 0 Å². The molecule has 0 aromatic heterocycles. The first-order valence-electron chi connectivity index (χ1n) is 9.04. The number of amides is 3. The Morgan fingerprint density at radius 1 is 1.08 bits per heavy atom. The molecule has 1 N–H and O–H groups in total. The molecule has 0 radical (unpaired) electrons. The van der Waals surface area contributed by atoms with Gasteiger partial charge in [0.25, 0.3) is 11.8 Å². The highest BCUT2D eigenvalue weighted by atomic mass is 16.7. The van der Waals surface area contributed by atoms with Crippen LogP contribution in [0.4, 0.5) is 4.79 Å². The second kappa shape index (κ2) is 10.1. The zero-order chi connectivity index (χ0) is 18.9. The molecule has 0 aromatic rings. The Balaban J connectivity index is 1.57. The quantitative estimate of drug-likeness (QED) is 0.504. The normalized spacial score (nSPS) is 23.0. The summed E-state index contributed by atoms with van der Waals surface area (Å²) in [6.45, 7) is 3.05. The Morgan fingerprint density at radius 2 is 1.69 bits per heavy atom. The summed E-state index contributed by atoms with van der Waals surface area (Å²) in [6, 6.07) is 0. The van der Waals surface area contributed by atoms with E-state index in [1.807, 2.05) is 0 Å². The molecule has 9 nitrogen and oxygen atoms in total. The van der Waals surface area contributed by atoms with Gasteiger partial charge in [0.1, 0.15) is 6.61 Å². The fraction of sp³-hybridized carbons (Fsp3) is 0.765. The maximum atomic E-state index is 11.7. The van der Waals surface area contributed by atoms with Crippen molar-refractivity contribution in [1.82, 2.24) is 10.4 Å². The van der Waals surface area contributed by atoms with E-state index in [0.29, 0.717) is 36.7 Å². The Bertz CT molecular complexity index is 513. The number of nitrogens with one attached hydrogen (secondary N) is 1. The highest BCUT2D eigenvalue weighted by Gasteiger charge is 2.33. The summed E-state index contributed by atoms with van der Waals surface area (Å²) in [5, 5.41) is 3.14. The van der Waals surface area contributed by atoms with Crippen LogP contribution in [0, 0.1) is 11.8 Å². The Labute approximate surface area is 152 Å². The maximum Gasteiger partial charge on any atom is 0.432 e. The van der Waals surface area contributed by atoms with E-state index in [9.17, 15) is 19.2 Å². The predicted molar refractivity (Wildman–Crippen MR) is 88.5 cm³/mol. The minimum Gasteiger partial charge on any atom is -0.464 e. The van der Waals surface area contributed by atoms with E-state index in [2.05, 4.69) is 5.32 Å². The van der Waals surface area contributed by atoms with Crippen molar-refractivity contribution >= 4 is 23.9 Å². The smallest absolute Gasteiger partial charge is 0.432 e. The lowest BCUT2D eigenvalue weighted by Crippen LogP contribution is -2.39. The number of hydroxylamine groups is 2. The zero-order valence-corrected chi connectivity index (χ0v) is 15.0. The SMILES string of the molecule is CCOC(=O)COCC1CCC(CNC(=O)ON2C(=O)CCC2=O)CC1. The van der Waals surface area contributed by atoms with Gasteiger partial charge in [0.2, 0.25) is 0 Å². The molecule has 1 saturated heterocycles. The lowest BCUT2D eigenvalue weighted by atomic mass is 9.82. The molecule has 1 heterocycles. The Morgan fingerprint density at radius 3 is 2.31 bits per heavy atom. The molecule has 2 aliphatic rings. The van der Waals surface area contributed by atoms with Crippen LogP contribution in [0.15, 0.2) is 0 Å². The van der Waals surface area contributed by atoms with Crippen LogP contribution in [0.2, 0.25) is 0 Å². The molecule has 2 fully saturated rings. The molecule has 3 amide bonds. The topological polar surface area (TPSA) is 111 Å². The number of carbonyl (C=O) groups excluding carboxylic acids is 4. The molecule has 146 valence electrons. The maximum absolute atomic E-state index is 11.7. The lowest BCUT2D eigenvalue weighted by molar-refractivity contribution is -0.171. The number of ether oxygens (including phenoxy) is 2. The van der Waals surface area contributed by atoms with E-state index < -0.39 is 17.9 Å². The van der Waals surface area contributed by atoms with Crippen molar-refractivity contribution in [1.29, 1.82) is 0 Å². The zero-order valence-electron chi connectivity index (χ0n) is 15.0. The minimum absolute atomic E-state index is 0.0187. The van der Waals surface area contributed by atoms with Gasteiger partial charge in [0.05, 0.1) is 13.2 Å². The average molecular weight is 370 g/mol. The van der Waals surface area contributed by atoms with E-state index in [4.69, 9.17) is 14.3 Å². The van der Waals surface area contributed by atoms with Crippen LogP contribution in [0.1, 0.15) is 45.4 Å². The summed E-state index contributed by atoms with van der Waals surface area (Å²) in [4.78, 5) is 50.5. The number of imide groups is 1. The third-order valence-corrected chi connectivity index (χ3v) is 4.56. The molecule has 26 heavy (non-hydrogen) atoms. The first-order chi connectivity index (χ1) is 12.5. The number of nitrogens with zero attached hydrogens (tertiary/aromatic N) is 1. The molecule has 1 aliphatic carbocycles. The molecule has 0 aromatic carbocycles. The number of rotatable bonds is 8. The van der Waals surface area contributed by atoms with E-state index in [1.54, 1.807) is 6.92 Å². The molecule has 0 unspecified atom stereocenters. The van der Waals surface area contributed by atoms with Crippen LogP contribution in [0.25, 0.3) is 0 Å². The van der Waals surface area contributed by atoms with Gasteiger partial charge in [0, 0.05) is 19.4 Å².